The average Bonchev–Trinajstić information content (AvgIpc) is 2.76. The monoisotopic (exact) mass is 212 g/mol. The average molecular weight is 212 g/mol. The Morgan fingerprint density at radius 3 is 3.00 bits per heavy atom. The lowest BCUT2D eigenvalue weighted by molar-refractivity contribution is 0.983. The smallest absolute Gasteiger partial charge is 0.153 e. The van der Waals surface area contributed by atoms with Gasteiger partial charge in [0.1, 0.15) is 12.0 Å². The second-order valence-corrected chi connectivity index (χ2v) is 3.33. The number of rotatable bonds is 1. The van der Waals surface area contributed by atoms with E-state index in [0.29, 0.717) is 11.5 Å². The minimum atomic E-state index is 0.369. The molecule has 2 heterocycles. The first-order valence-electron chi connectivity index (χ1n) is 4.71. The first kappa shape index (κ1) is 8.78. The zero-order chi connectivity index (χ0) is 11.0. The number of nitrogen functional groups attached to an aromatic ring is 1. The Hall–Kier alpha value is -2.50. The van der Waals surface area contributed by atoms with E-state index in [1.807, 2.05) is 18.2 Å². The Morgan fingerprint density at radius 1 is 1.19 bits per heavy atom. The fourth-order valence-electron chi connectivity index (χ4n) is 1.57. The van der Waals surface area contributed by atoms with E-state index >= 15 is 0 Å². The second kappa shape index (κ2) is 3.27. The third kappa shape index (κ3) is 1.28. The number of nitrogens with one attached hydrogen (secondary N) is 1. The van der Waals surface area contributed by atoms with Crippen LogP contribution in [0.3, 0.4) is 0 Å². The van der Waals surface area contributed by atoms with Crippen LogP contribution in [0.5, 0.6) is 0 Å². The van der Waals surface area contributed by atoms with Gasteiger partial charge < -0.3 is 10.7 Å². The number of fused-ring (bicyclic) bond motifs is 1. The van der Waals surface area contributed by atoms with Gasteiger partial charge in [0.15, 0.2) is 5.82 Å². The highest BCUT2D eigenvalue weighted by molar-refractivity contribution is 5.82. The van der Waals surface area contributed by atoms with Crippen molar-refractivity contribution < 1.29 is 0 Å². The fourth-order valence-corrected chi connectivity index (χ4v) is 1.57. The number of nitrogens with two attached hydrogens (primary N) is 1. The Bertz CT molecular complexity index is 644. The molecule has 0 aliphatic rings. The molecule has 1 aromatic carbocycles. The number of anilines is 1. The van der Waals surface area contributed by atoms with Crippen molar-refractivity contribution in [3.8, 4) is 11.3 Å². The van der Waals surface area contributed by atoms with E-state index in [0.717, 1.165) is 16.6 Å². The highest BCUT2D eigenvalue weighted by Gasteiger charge is 2.06. The fraction of sp³-hybridized carbons (Fsp3) is 0. The zero-order valence-corrected chi connectivity index (χ0v) is 8.25. The molecule has 3 N–H and O–H groups in total. The van der Waals surface area contributed by atoms with E-state index in [9.17, 15) is 0 Å². The van der Waals surface area contributed by atoms with Crippen molar-refractivity contribution in [2.75, 3.05) is 5.73 Å². The molecule has 6 nitrogen and oxygen atoms in total. The van der Waals surface area contributed by atoms with Gasteiger partial charge in [0, 0.05) is 5.56 Å². The third-order valence-electron chi connectivity index (χ3n) is 2.34. The van der Waals surface area contributed by atoms with Crippen LogP contribution >= 0.6 is 0 Å². The molecule has 0 aliphatic heterocycles. The number of aromatic amines is 1. The van der Waals surface area contributed by atoms with Crippen LogP contribution in [0.15, 0.2) is 30.9 Å². The first-order chi connectivity index (χ1) is 7.84. The number of nitrogens with zero attached hydrogens (tertiary/aromatic N) is 4. The van der Waals surface area contributed by atoms with Crippen molar-refractivity contribution in [2.45, 2.75) is 0 Å². The molecule has 16 heavy (non-hydrogen) atoms. The van der Waals surface area contributed by atoms with Crippen LogP contribution in [0.25, 0.3) is 22.3 Å². The summed E-state index contributed by atoms with van der Waals surface area (Å²) in [6.45, 7) is 0. The minimum absolute atomic E-state index is 0.369. The second-order valence-electron chi connectivity index (χ2n) is 3.33. The summed E-state index contributed by atoms with van der Waals surface area (Å²) in [5.74, 6) is 0.369. The standard InChI is InChI=1S/C10H8N6/c11-10-9(16-15-5-14-10)6-1-2-7-8(3-6)13-4-12-7/h1-5H,(H,12,13)(H2,11,14,15). The maximum absolute atomic E-state index is 5.73. The number of imidazole rings is 1. The van der Waals surface area contributed by atoms with Gasteiger partial charge in [0.05, 0.1) is 17.4 Å². The molecular weight excluding hydrogens is 204 g/mol. The van der Waals surface area contributed by atoms with Crippen molar-refractivity contribution in [3.63, 3.8) is 0 Å². The Morgan fingerprint density at radius 2 is 2.12 bits per heavy atom. The molecule has 2 aromatic heterocycles. The largest absolute Gasteiger partial charge is 0.382 e. The van der Waals surface area contributed by atoms with Crippen LogP contribution in [0.4, 0.5) is 5.82 Å². The highest BCUT2D eigenvalue weighted by Crippen LogP contribution is 2.23. The van der Waals surface area contributed by atoms with Crippen LogP contribution in [-0.4, -0.2) is 25.1 Å². The molecule has 0 aliphatic carbocycles. The molecule has 0 unspecified atom stereocenters. The van der Waals surface area contributed by atoms with E-state index in [1.165, 1.54) is 6.33 Å². The number of hydrogen-bond acceptors (Lipinski definition) is 5. The third-order valence-corrected chi connectivity index (χ3v) is 2.34. The highest BCUT2D eigenvalue weighted by atomic mass is 15.1. The van der Waals surface area contributed by atoms with Crippen molar-refractivity contribution in [1.82, 2.24) is 25.1 Å². The maximum Gasteiger partial charge on any atom is 0.153 e. The van der Waals surface area contributed by atoms with Crippen molar-refractivity contribution in [2.24, 2.45) is 0 Å². The Balaban J connectivity index is 2.22. The van der Waals surface area contributed by atoms with Gasteiger partial charge in [-0.25, -0.2) is 9.97 Å². The minimum Gasteiger partial charge on any atom is -0.382 e. The summed E-state index contributed by atoms with van der Waals surface area (Å²) < 4.78 is 0. The molecule has 0 atom stereocenters. The van der Waals surface area contributed by atoms with Gasteiger partial charge in [-0.1, -0.05) is 6.07 Å². The molecule has 3 rings (SSSR count). The molecule has 0 saturated heterocycles. The Kier molecular flexibility index (Phi) is 1.79. The summed E-state index contributed by atoms with van der Waals surface area (Å²) in [5.41, 5.74) is 9.02. The molecule has 0 saturated carbocycles. The number of hydrogen-bond donors (Lipinski definition) is 2. The lowest BCUT2D eigenvalue weighted by atomic mass is 10.1. The van der Waals surface area contributed by atoms with E-state index in [1.54, 1.807) is 6.33 Å². The SMILES string of the molecule is Nc1ncnnc1-c1ccc2nc[nH]c2c1. The summed E-state index contributed by atoms with van der Waals surface area (Å²) in [6.07, 6.45) is 2.97. The van der Waals surface area contributed by atoms with Crippen molar-refractivity contribution >= 4 is 16.9 Å². The molecule has 3 aromatic rings. The first-order valence-corrected chi connectivity index (χ1v) is 4.71. The number of aromatic nitrogens is 5. The van der Waals surface area contributed by atoms with Crippen LogP contribution in [0.1, 0.15) is 0 Å². The molecular formula is C10H8N6. The van der Waals surface area contributed by atoms with Crippen LogP contribution in [0, 0.1) is 0 Å². The molecule has 0 fully saturated rings. The normalized spacial score (nSPS) is 10.8. The number of H-pyrrole nitrogens is 1. The molecule has 6 heteroatoms. The quantitative estimate of drug-likeness (QED) is 0.627. The molecule has 0 amide bonds. The van der Waals surface area contributed by atoms with Crippen LogP contribution in [-0.2, 0) is 0 Å². The Labute approximate surface area is 90.6 Å². The lowest BCUT2D eigenvalue weighted by Crippen LogP contribution is -1.98. The summed E-state index contributed by atoms with van der Waals surface area (Å²) in [4.78, 5) is 11.1. The summed E-state index contributed by atoms with van der Waals surface area (Å²) >= 11 is 0. The predicted molar refractivity (Wildman–Crippen MR) is 59.3 cm³/mol. The summed E-state index contributed by atoms with van der Waals surface area (Å²) in [6, 6.07) is 5.71. The summed E-state index contributed by atoms with van der Waals surface area (Å²) in [5, 5.41) is 7.69. The predicted octanol–water partition coefficient (Wildman–Crippen LogP) is 0.997. The van der Waals surface area contributed by atoms with Crippen molar-refractivity contribution in [1.29, 1.82) is 0 Å². The van der Waals surface area contributed by atoms with Gasteiger partial charge in [0.2, 0.25) is 0 Å². The van der Waals surface area contributed by atoms with Gasteiger partial charge in [-0.3, -0.25) is 0 Å². The van der Waals surface area contributed by atoms with E-state index in [-0.39, 0.29) is 0 Å². The van der Waals surface area contributed by atoms with Gasteiger partial charge in [-0.2, -0.15) is 0 Å². The van der Waals surface area contributed by atoms with Gasteiger partial charge >= 0.3 is 0 Å². The zero-order valence-electron chi connectivity index (χ0n) is 8.25. The van der Waals surface area contributed by atoms with Gasteiger partial charge in [-0.05, 0) is 12.1 Å². The van der Waals surface area contributed by atoms with E-state index < -0.39 is 0 Å². The topological polar surface area (TPSA) is 93.4 Å². The number of benzene rings is 1. The molecule has 0 spiro atoms. The van der Waals surface area contributed by atoms with Gasteiger partial charge in [-0.15, -0.1) is 10.2 Å². The van der Waals surface area contributed by atoms with Gasteiger partial charge in [0.25, 0.3) is 0 Å². The maximum atomic E-state index is 5.73. The van der Waals surface area contributed by atoms with Crippen molar-refractivity contribution in [3.05, 3.63) is 30.9 Å². The van der Waals surface area contributed by atoms with Crippen LogP contribution in [0.2, 0.25) is 0 Å². The molecule has 0 radical (unpaired) electrons. The summed E-state index contributed by atoms with van der Waals surface area (Å²) in [7, 11) is 0. The molecule has 0 bridgehead atoms. The van der Waals surface area contributed by atoms with Crippen LogP contribution < -0.4 is 5.73 Å². The van der Waals surface area contributed by atoms with E-state index in [4.69, 9.17) is 5.73 Å². The lowest BCUT2D eigenvalue weighted by Gasteiger charge is -2.01. The van der Waals surface area contributed by atoms with E-state index in [2.05, 4.69) is 25.1 Å². The molecule has 78 valence electrons.